The van der Waals surface area contributed by atoms with Crippen LogP contribution < -0.4 is 5.32 Å². The van der Waals surface area contributed by atoms with Crippen molar-refractivity contribution in [2.24, 2.45) is 0 Å². The molecule has 0 radical (unpaired) electrons. The molecule has 0 bridgehead atoms. The summed E-state index contributed by atoms with van der Waals surface area (Å²) in [5.41, 5.74) is 4.66. The van der Waals surface area contributed by atoms with Crippen molar-refractivity contribution in [3.05, 3.63) is 70.8 Å². The Morgan fingerprint density at radius 2 is 1.58 bits per heavy atom. The van der Waals surface area contributed by atoms with E-state index in [1.54, 1.807) is 0 Å². The molecule has 2 aromatic rings. The Hall–Kier alpha value is -2.13. The molecule has 0 saturated carbocycles. The zero-order valence-corrected chi connectivity index (χ0v) is 15.8. The molecular formula is C23H30N2O. The average Bonchev–Trinajstić information content (AvgIpc) is 2.68. The predicted octanol–water partition coefficient (Wildman–Crippen LogP) is 4.34. The summed E-state index contributed by atoms with van der Waals surface area (Å²) in [6.07, 6.45) is 5.93. The number of carbonyl (C=O) groups is 1. The number of likely N-dealkylation sites (tertiary alicyclic amines) is 1. The van der Waals surface area contributed by atoms with Crippen LogP contribution in [0.3, 0.4) is 0 Å². The van der Waals surface area contributed by atoms with Crippen molar-refractivity contribution in [2.45, 2.75) is 45.6 Å². The second-order valence-electron chi connectivity index (χ2n) is 7.38. The molecule has 1 heterocycles. The molecule has 0 spiro atoms. The summed E-state index contributed by atoms with van der Waals surface area (Å²) in [4.78, 5) is 14.8. The first-order valence-electron chi connectivity index (χ1n) is 9.86. The number of hydrogen-bond acceptors (Lipinski definition) is 2. The Balaban J connectivity index is 1.40. The molecule has 0 aliphatic carbocycles. The van der Waals surface area contributed by atoms with Gasteiger partial charge in [0.15, 0.2) is 0 Å². The molecule has 0 aromatic heterocycles. The first-order chi connectivity index (χ1) is 12.7. The summed E-state index contributed by atoms with van der Waals surface area (Å²) in [7, 11) is 0. The van der Waals surface area contributed by atoms with E-state index in [0.717, 1.165) is 24.9 Å². The standard InChI is InChI=1S/C23H30N2O/c1-19-7-9-20(10-8-19)6-5-15-24-23(26)22-13-11-21(12-14-22)18-25-16-3-2-4-17-25/h7-14H,2-6,15-18H2,1H3,(H,24,26). The van der Waals surface area contributed by atoms with Gasteiger partial charge in [0.25, 0.3) is 5.91 Å². The number of amides is 1. The van der Waals surface area contributed by atoms with Crippen LogP contribution in [0.25, 0.3) is 0 Å². The molecule has 1 fully saturated rings. The quantitative estimate of drug-likeness (QED) is 0.753. The van der Waals surface area contributed by atoms with Crippen LogP contribution in [-0.4, -0.2) is 30.4 Å². The summed E-state index contributed by atoms with van der Waals surface area (Å²) in [5, 5.41) is 3.03. The topological polar surface area (TPSA) is 32.3 Å². The van der Waals surface area contributed by atoms with Crippen molar-refractivity contribution in [2.75, 3.05) is 19.6 Å². The monoisotopic (exact) mass is 350 g/mol. The van der Waals surface area contributed by atoms with Crippen molar-refractivity contribution in [1.29, 1.82) is 0 Å². The van der Waals surface area contributed by atoms with Crippen molar-refractivity contribution >= 4 is 5.91 Å². The summed E-state index contributed by atoms with van der Waals surface area (Å²) in [6.45, 7) is 6.20. The first kappa shape index (κ1) is 18.7. The minimum atomic E-state index is 0.0263. The van der Waals surface area contributed by atoms with Crippen molar-refractivity contribution in [1.82, 2.24) is 10.2 Å². The van der Waals surface area contributed by atoms with E-state index in [9.17, 15) is 4.79 Å². The van der Waals surface area contributed by atoms with Gasteiger partial charge in [-0.1, -0.05) is 48.4 Å². The molecule has 0 atom stereocenters. The zero-order valence-electron chi connectivity index (χ0n) is 15.8. The smallest absolute Gasteiger partial charge is 0.251 e. The van der Waals surface area contributed by atoms with Crippen LogP contribution in [0.1, 0.15) is 52.7 Å². The third-order valence-corrected chi connectivity index (χ3v) is 5.12. The van der Waals surface area contributed by atoms with Crippen LogP contribution in [0.2, 0.25) is 0 Å². The second-order valence-corrected chi connectivity index (χ2v) is 7.38. The molecule has 1 N–H and O–H groups in total. The molecular weight excluding hydrogens is 320 g/mol. The second kappa shape index (κ2) is 9.54. The van der Waals surface area contributed by atoms with Gasteiger partial charge in [-0.25, -0.2) is 0 Å². The lowest BCUT2D eigenvalue weighted by Gasteiger charge is -2.26. The first-order valence-corrected chi connectivity index (χ1v) is 9.86. The normalized spacial score (nSPS) is 15.0. The molecule has 3 rings (SSSR count). The SMILES string of the molecule is Cc1ccc(CCCNC(=O)c2ccc(CN3CCCCC3)cc2)cc1. The van der Waals surface area contributed by atoms with Crippen LogP contribution in [0.5, 0.6) is 0 Å². The van der Waals surface area contributed by atoms with Crippen molar-refractivity contribution in [3.8, 4) is 0 Å². The van der Waals surface area contributed by atoms with E-state index in [1.807, 2.05) is 12.1 Å². The maximum Gasteiger partial charge on any atom is 0.251 e. The van der Waals surface area contributed by atoms with Gasteiger partial charge >= 0.3 is 0 Å². The summed E-state index contributed by atoms with van der Waals surface area (Å²) >= 11 is 0. The Bertz CT molecular complexity index is 685. The van der Waals surface area contributed by atoms with Crippen molar-refractivity contribution in [3.63, 3.8) is 0 Å². The third-order valence-electron chi connectivity index (χ3n) is 5.12. The highest BCUT2D eigenvalue weighted by Crippen LogP contribution is 2.13. The molecule has 138 valence electrons. The van der Waals surface area contributed by atoms with E-state index in [2.05, 4.69) is 53.5 Å². The lowest BCUT2D eigenvalue weighted by molar-refractivity contribution is 0.0953. The van der Waals surface area contributed by atoms with Crippen molar-refractivity contribution < 1.29 is 4.79 Å². The van der Waals surface area contributed by atoms with Gasteiger partial charge in [-0.05, 0) is 69.0 Å². The predicted molar refractivity (Wildman–Crippen MR) is 107 cm³/mol. The van der Waals surface area contributed by atoms with Gasteiger partial charge in [-0.3, -0.25) is 9.69 Å². The molecule has 1 aliphatic rings. The summed E-state index contributed by atoms with van der Waals surface area (Å²) in [5.74, 6) is 0.0263. The number of nitrogens with one attached hydrogen (secondary N) is 1. The van der Waals surface area contributed by atoms with E-state index < -0.39 is 0 Å². The van der Waals surface area contributed by atoms with E-state index >= 15 is 0 Å². The summed E-state index contributed by atoms with van der Waals surface area (Å²) in [6, 6.07) is 16.7. The number of carbonyl (C=O) groups excluding carboxylic acids is 1. The van der Waals surface area contributed by atoms with E-state index in [0.29, 0.717) is 6.54 Å². The largest absolute Gasteiger partial charge is 0.352 e. The third kappa shape index (κ3) is 5.70. The highest BCUT2D eigenvalue weighted by Gasteiger charge is 2.11. The zero-order chi connectivity index (χ0) is 18.2. The Kier molecular flexibility index (Phi) is 6.84. The Morgan fingerprint density at radius 1 is 0.923 bits per heavy atom. The number of benzene rings is 2. The van der Waals surface area contributed by atoms with Gasteiger partial charge < -0.3 is 5.32 Å². The van der Waals surface area contributed by atoms with Gasteiger partial charge in [0, 0.05) is 18.7 Å². The molecule has 3 heteroatoms. The molecule has 3 nitrogen and oxygen atoms in total. The van der Waals surface area contributed by atoms with E-state index in [4.69, 9.17) is 0 Å². The fourth-order valence-corrected chi connectivity index (χ4v) is 3.49. The number of hydrogen-bond donors (Lipinski definition) is 1. The molecule has 0 unspecified atom stereocenters. The van der Waals surface area contributed by atoms with E-state index in [-0.39, 0.29) is 5.91 Å². The molecule has 1 amide bonds. The number of rotatable bonds is 7. The highest BCUT2D eigenvalue weighted by molar-refractivity contribution is 5.94. The lowest BCUT2D eigenvalue weighted by atomic mass is 10.1. The fourth-order valence-electron chi connectivity index (χ4n) is 3.49. The fraction of sp³-hybridized carbons (Fsp3) is 0.435. The molecule has 26 heavy (non-hydrogen) atoms. The minimum Gasteiger partial charge on any atom is -0.352 e. The van der Waals surface area contributed by atoms with Gasteiger partial charge in [-0.2, -0.15) is 0 Å². The Labute approximate surface area is 157 Å². The van der Waals surface area contributed by atoms with Crippen LogP contribution in [0, 0.1) is 6.92 Å². The van der Waals surface area contributed by atoms with Gasteiger partial charge in [0.05, 0.1) is 0 Å². The van der Waals surface area contributed by atoms with Crippen LogP contribution >= 0.6 is 0 Å². The number of aryl methyl sites for hydroxylation is 2. The lowest BCUT2D eigenvalue weighted by Crippen LogP contribution is -2.29. The van der Waals surface area contributed by atoms with Crippen LogP contribution in [0.4, 0.5) is 0 Å². The van der Waals surface area contributed by atoms with Gasteiger partial charge in [-0.15, -0.1) is 0 Å². The number of nitrogens with zero attached hydrogens (tertiary/aromatic N) is 1. The minimum absolute atomic E-state index is 0.0263. The Morgan fingerprint density at radius 3 is 2.27 bits per heavy atom. The maximum atomic E-state index is 12.3. The molecule has 2 aromatic carbocycles. The maximum absolute atomic E-state index is 12.3. The molecule has 1 aliphatic heterocycles. The van der Waals surface area contributed by atoms with Gasteiger partial charge in [0.2, 0.25) is 0 Å². The van der Waals surface area contributed by atoms with Crippen LogP contribution in [0.15, 0.2) is 48.5 Å². The van der Waals surface area contributed by atoms with E-state index in [1.165, 1.54) is 49.0 Å². The molecule has 1 saturated heterocycles. The van der Waals surface area contributed by atoms with Gasteiger partial charge in [0.1, 0.15) is 0 Å². The van der Waals surface area contributed by atoms with Crippen LogP contribution in [-0.2, 0) is 13.0 Å². The average molecular weight is 351 g/mol. The summed E-state index contributed by atoms with van der Waals surface area (Å²) < 4.78 is 0. The number of piperidine rings is 1. The highest BCUT2D eigenvalue weighted by atomic mass is 16.1.